The van der Waals surface area contributed by atoms with Gasteiger partial charge in [0.15, 0.2) is 12.3 Å². The minimum atomic E-state index is -2.27. The summed E-state index contributed by atoms with van der Waals surface area (Å²) in [5.74, 6) is -1.75. The Kier molecular flexibility index (Phi) is 7.81. The summed E-state index contributed by atoms with van der Waals surface area (Å²) >= 11 is 16.4. The van der Waals surface area contributed by atoms with Gasteiger partial charge in [-0.25, -0.2) is 4.39 Å². The second kappa shape index (κ2) is 9.14. The predicted molar refractivity (Wildman–Crippen MR) is 85.2 cm³/mol. The molecular formula is C10H11Cl3FN7O4. The first-order valence-corrected chi connectivity index (χ1v) is 7.59. The van der Waals surface area contributed by atoms with E-state index < -0.39 is 52.9 Å². The third kappa shape index (κ3) is 5.96. The van der Waals surface area contributed by atoms with Crippen molar-refractivity contribution >= 4 is 46.7 Å². The molecule has 0 radical (unpaired) electrons. The molecule has 1 rings (SSSR count). The molecule has 0 saturated carbocycles. The van der Waals surface area contributed by atoms with E-state index in [9.17, 15) is 9.18 Å². The summed E-state index contributed by atoms with van der Waals surface area (Å²) < 4.78 is 27.5. The molecule has 1 aliphatic heterocycles. The molecule has 0 aromatic rings. The molecule has 1 aliphatic rings. The number of carbonyl (C=O) groups excluding carboxylic acids is 1. The van der Waals surface area contributed by atoms with Gasteiger partial charge in [-0.3, -0.25) is 10.2 Å². The van der Waals surface area contributed by atoms with E-state index in [-0.39, 0.29) is 0 Å². The molecule has 11 nitrogen and oxygen atoms in total. The second-order valence-corrected chi connectivity index (χ2v) is 6.90. The maximum atomic E-state index is 14.7. The Morgan fingerprint density at radius 2 is 2.00 bits per heavy atom. The van der Waals surface area contributed by atoms with Crippen LogP contribution in [0.5, 0.6) is 0 Å². The quantitative estimate of drug-likeness (QED) is 0.137. The van der Waals surface area contributed by atoms with Crippen molar-refractivity contribution in [2.24, 2.45) is 10.2 Å². The summed E-state index contributed by atoms with van der Waals surface area (Å²) in [6, 6.07) is -1.66. The molecule has 0 aliphatic carbocycles. The van der Waals surface area contributed by atoms with E-state index in [1.54, 1.807) is 0 Å². The zero-order valence-electron chi connectivity index (χ0n) is 12.4. The Morgan fingerprint density at radius 1 is 1.36 bits per heavy atom. The Bertz CT molecular complexity index is 618. The lowest BCUT2D eigenvalue weighted by molar-refractivity contribution is -0.229. The molecule has 1 saturated heterocycles. The molecule has 0 bridgehead atoms. The van der Waals surface area contributed by atoms with Crippen LogP contribution in [0.25, 0.3) is 20.9 Å². The number of rotatable bonds is 5. The maximum Gasteiger partial charge on any atom is 0.303 e. The van der Waals surface area contributed by atoms with Crippen LogP contribution in [0.15, 0.2) is 10.2 Å². The van der Waals surface area contributed by atoms with Crippen molar-refractivity contribution in [3.05, 3.63) is 20.9 Å². The third-order valence-electron chi connectivity index (χ3n) is 2.90. The number of alkyl halides is 4. The molecule has 1 unspecified atom stereocenters. The Labute approximate surface area is 155 Å². The molecule has 1 N–H and O–H groups in total. The molecule has 25 heavy (non-hydrogen) atoms. The number of esters is 1. The first-order chi connectivity index (χ1) is 11.6. The Morgan fingerprint density at radius 3 is 2.48 bits per heavy atom. The number of halogens is 4. The van der Waals surface area contributed by atoms with Crippen molar-refractivity contribution in [2.45, 2.75) is 41.4 Å². The van der Waals surface area contributed by atoms with Crippen LogP contribution in [-0.4, -0.2) is 52.9 Å². The summed E-state index contributed by atoms with van der Waals surface area (Å²) in [5.41, 5.74) is 17.0. The number of nitrogens with zero attached hydrogens (tertiary/aromatic N) is 6. The molecule has 138 valence electrons. The van der Waals surface area contributed by atoms with E-state index >= 15 is 0 Å². The van der Waals surface area contributed by atoms with Crippen molar-refractivity contribution in [3.8, 4) is 0 Å². The average Bonchev–Trinajstić information content (AvgIpc) is 2.50. The molecule has 1 heterocycles. The van der Waals surface area contributed by atoms with Crippen LogP contribution < -0.4 is 0 Å². The highest BCUT2D eigenvalue weighted by Gasteiger charge is 2.50. The molecule has 0 aromatic heterocycles. The molecular weight excluding hydrogens is 408 g/mol. The zero-order chi connectivity index (χ0) is 19.2. The van der Waals surface area contributed by atoms with Crippen molar-refractivity contribution in [1.29, 1.82) is 5.41 Å². The highest BCUT2D eigenvalue weighted by molar-refractivity contribution is 6.76. The van der Waals surface area contributed by atoms with Crippen LogP contribution in [0, 0.1) is 5.41 Å². The van der Waals surface area contributed by atoms with E-state index in [1.807, 2.05) is 0 Å². The highest BCUT2D eigenvalue weighted by atomic mass is 35.6. The SMILES string of the molecule is CC(=O)O[C@@H]1[C@@H](CN=[N+]=[N-])O[C@H](OC(=N)C(Cl)(Cl)Cl)C(N=[N+]=[N-])[C@@H]1F. The fourth-order valence-corrected chi connectivity index (χ4v) is 2.07. The monoisotopic (exact) mass is 417 g/mol. The summed E-state index contributed by atoms with van der Waals surface area (Å²) in [7, 11) is 0. The minimum absolute atomic E-state index is 0.432. The van der Waals surface area contributed by atoms with Crippen molar-refractivity contribution in [2.75, 3.05) is 6.54 Å². The second-order valence-electron chi connectivity index (χ2n) is 4.62. The van der Waals surface area contributed by atoms with Crippen LogP contribution >= 0.6 is 34.8 Å². The van der Waals surface area contributed by atoms with Gasteiger partial charge in [-0.1, -0.05) is 45.0 Å². The molecule has 0 aromatic carbocycles. The standard InChI is InChI=1S/C10H11Cl3FN7O4/c1-3(22)23-7-4(2-18-20-16)24-8(6(5(7)14)19-21-17)25-9(15)10(11,12)13/h4-8,15H,2H2,1H3/t4-,5+,6?,7-,8-/m1/s1. The smallest absolute Gasteiger partial charge is 0.303 e. The number of hydrogen-bond donors (Lipinski definition) is 1. The van der Waals surface area contributed by atoms with Crippen LogP contribution in [0.3, 0.4) is 0 Å². The molecule has 5 atom stereocenters. The number of hydrogen-bond acceptors (Lipinski definition) is 7. The summed E-state index contributed by atoms with van der Waals surface area (Å²) in [5, 5.41) is 13.9. The topological polar surface area (TPSA) is 166 Å². The Balaban J connectivity index is 3.14. The number of azide groups is 2. The average molecular weight is 419 g/mol. The number of nitrogens with one attached hydrogen (secondary N) is 1. The van der Waals surface area contributed by atoms with Gasteiger partial charge in [0.25, 0.3) is 3.79 Å². The van der Waals surface area contributed by atoms with Gasteiger partial charge in [0.1, 0.15) is 12.1 Å². The van der Waals surface area contributed by atoms with Crippen LogP contribution in [0.2, 0.25) is 0 Å². The van der Waals surface area contributed by atoms with E-state index in [4.69, 9.17) is 65.5 Å². The lowest BCUT2D eigenvalue weighted by atomic mass is 9.98. The first-order valence-electron chi connectivity index (χ1n) is 6.46. The largest absolute Gasteiger partial charge is 0.457 e. The van der Waals surface area contributed by atoms with Gasteiger partial charge in [0, 0.05) is 16.7 Å². The van der Waals surface area contributed by atoms with Crippen LogP contribution in [0.4, 0.5) is 4.39 Å². The van der Waals surface area contributed by atoms with Crippen molar-refractivity contribution < 1.29 is 23.4 Å². The normalized spacial score (nSPS) is 28.9. The Hall–Kier alpha value is -1.68. The van der Waals surface area contributed by atoms with E-state index in [2.05, 4.69) is 20.1 Å². The maximum absolute atomic E-state index is 14.7. The highest BCUT2D eigenvalue weighted by Crippen LogP contribution is 2.33. The van der Waals surface area contributed by atoms with Gasteiger partial charge in [-0.2, -0.15) is 0 Å². The molecule has 15 heteroatoms. The lowest BCUT2D eigenvalue weighted by Crippen LogP contribution is -2.58. The van der Waals surface area contributed by atoms with Crippen LogP contribution in [0.1, 0.15) is 6.92 Å². The third-order valence-corrected chi connectivity index (χ3v) is 3.41. The summed E-state index contributed by atoms with van der Waals surface area (Å²) in [6.07, 6.45) is -6.60. The van der Waals surface area contributed by atoms with Gasteiger partial charge in [-0.15, -0.1) is 0 Å². The van der Waals surface area contributed by atoms with Crippen molar-refractivity contribution in [3.63, 3.8) is 0 Å². The van der Waals surface area contributed by atoms with E-state index in [1.165, 1.54) is 0 Å². The fraction of sp³-hybridized carbons (Fsp3) is 0.800. The lowest BCUT2D eigenvalue weighted by Gasteiger charge is -2.41. The first kappa shape index (κ1) is 21.4. The minimum Gasteiger partial charge on any atom is -0.457 e. The fourth-order valence-electron chi connectivity index (χ4n) is 1.93. The van der Waals surface area contributed by atoms with Crippen LogP contribution in [-0.2, 0) is 19.0 Å². The predicted octanol–water partition coefficient (Wildman–Crippen LogP) is 3.33. The van der Waals surface area contributed by atoms with Gasteiger partial charge in [0.2, 0.25) is 12.2 Å². The molecule has 1 fully saturated rings. The zero-order valence-corrected chi connectivity index (χ0v) is 14.7. The van der Waals surface area contributed by atoms with Gasteiger partial charge in [-0.05, 0) is 11.1 Å². The van der Waals surface area contributed by atoms with Gasteiger partial charge in [0.05, 0.1) is 6.54 Å². The van der Waals surface area contributed by atoms with Gasteiger partial charge < -0.3 is 14.2 Å². The van der Waals surface area contributed by atoms with Gasteiger partial charge >= 0.3 is 5.97 Å². The molecule has 0 amide bonds. The van der Waals surface area contributed by atoms with Crippen molar-refractivity contribution in [1.82, 2.24) is 0 Å². The molecule has 0 spiro atoms. The van der Waals surface area contributed by atoms with E-state index in [0.29, 0.717) is 0 Å². The summed E-state index contributed by atoms with van der Waals surface area (Å²) in [4.78, 5) is 16.1. The number of ether oxygens (including phenoxy) is 3. The summed E-state index contributed by atoms with van der Waals surface area (Å²) in [6.45, 7) is 0.597. The van der Waals surface area contributed by atoms with E-state index in [0.717, 1.165) is 6.92 Å². The number of carbonyl (C=O) groups is 1.